The van der Waals surface area contributed by atoms with E-state index in [1.54, 1.807) is 11.7 Å². The van der Waals surface area contributed by atoms with Crippen LogP contribution in [0.15, 0.2) is 0 Å². The van der Waals surface area contributed by atoms with E-state index in [-0.39, 0.29) is 16.7 Å². The Bertz CT molecular complexity index is 475. The molecule has 7 heteroatoms. The summed E-state index contributed by atoms with van der Waals surface area (Å²) in [5.74, 6) is 1.02. The number of nitrogens with zero attached hydrogens (tertiary/aromatic N) is 4. The molecule has 2 heterocycles. The van der Waals surface area contributed by atoms with Crippen LogP contribution < -0.4 is 10.6 Å². The molecule has 2 atom stereocenters. The normalized spacial score (nSPS) is 23.7. The van der Waals surface area contributed by atoms with Gasteiger partial charge in [0.25, 0.3) is 0 Å². The number of nitro groups is 1. The summed E-state index contributed by atoms with van der Waals surface area (Å²) in [7, 11) is 1.76. The van der Waals surface area contributed by atoms with Crippen molar-refractivity contribution in [3.05, 3.63) is 15.8 Å². The van der Waals surface area contributed by atoms with E-state index in [2.05, 4.69) is 12.0 Å². The molecule has 7 nitrogen and oxygen atoms in total. The fraction of sp³-hybridized carbons (Fsp3) is 0.750. The van der Waals surface area contributed by atoms with Gasteiger partial charge in [0.1, 0.15) is 5.69 Å². The molecule has 2 N–H and O–H groups in total. The molecule has 2 unspecified atom stereocenters. The molecule has 106 valence electrons. The van der Waals surface area contributed by atoms with Crippen molar-refractivity contribution < 1.29 is 4.92 Å². The van der Waals surface area contributed by atoms with E-state index in [0.29, 0.717) is 30.4 Å². The third kappa shape index (κ3) is 2.56. The molecule has 1 aromatic rings. The summed E-state index contributed by atoms with van der Waals surface area (Å²) >= 11 is 0. The van der Waals surface area contributed by atoms with Crippen molar-refractivity contribution in [1.29, 1.82) is 0 Å². The summed E-state index contributed by atoms with van der Waals surface area (Å²) in [6.45, 7) is 5.43. The van der Waals surface area contributed by atoms with Crippen molar-refractivity contribution in [1.82, 2.24) is 9.78 Å². The first kappa shape index (κ1) is 13.8. The molecular weight excluding hydrogens is 246 g/mol. The Morgan fingerprint density at radius 3 is 2.74 bits per heavy atom. The molecule has 0 spiro atoms. The highest BCUT2D eigenvalue weighted by Gasteiger charge is 2.33. The highest BCUT2D eigenvalue weighted by Crippen LogP contribution is 2.34. The van der Waals surface area contributed by atoms with Gasteiger partial charge in [-0.3, -0.25) is 10.1 Å². The summed E-state index contributed by atoms with van der Waals surface area (Å²) < 4.78 is 1.61. The largest absolute Gasteiger partial charge is 0.349 e. The zero-order valence-electron chi connectivity index (χ0n) is 11.7. The highest BCUT2D eigenvalue weighted by atomic mass is 16.6. The van der Waals surface area contributed by atoms with Crippen molar-refractivity contribution in [2.75, 3.05) is 18.0 Å². The molecule has 1 fully saturated rings. The fourth-order valence-electron chi connectivity index (χ4n) is 2.91. The van der Waals surface area contributed by atoms with Crippen molar-refractivity contribution >= 4 is 11.5 Å². The molecule has 1 aliphatic heterocycles. The van der Waals surface area contributed by atoms with Gasteiger partial charge in [0.2, 0.25) is 5.82 Å². The van der Waals surface area contributed by atoms with Crippen LogP contribution in [-0.2, 0) is 13.5 Å². The van der Waals surface area contributed by atoms with E-state index in [1.165, 1.54) is 0 Å². The highest BCUT2D eigenvalue weighted by molar-refractivity contribution is 5.62. The van der Waals surface area contributed by atoms with Crippen LogP contribution in [0.5, 0.6) is 0 Å². The van der Waals surface area contributed by atoms with E-state index in [0.717, 1.165) is 13.0 Å². The lowest BCUT2D eigenvalue weighted by molar-refractivity contribution is -0.384. The van der Waals surface area contributed by atoms with E-state index < -0.39 is 0 Å². The molecule has 1 saturated heterocycles. The Morgan fingerprint density at radius 1 is 1.53 bits per heavy atom. The number of anilines is 1. The first-order valence-corrected chi connectivity index (χ1v) is 6.64. The summed E-state index contributed by atoms with van der Waals surface area (Å²) in [5.41, 5.74) is 6.69. The molecule has 1 aromatic heterocycles. The summed E-state index contributed by atoms with van der Waals surface area (Å²) in [6.07, 6.45) is 1.52. The molecule has 0 amide bonds. The number of aromatic nitrogens is 2. The number of nitrogens with two attached hydrogens (primary N) is 1. The Labute approximate surface area is 112 Å². The lowest BCUT2D eigenvalue weighted by atomic mass is 9.96. The van der Waals surface area contributed by atoms with Gasteiger partial charge in [0.15, 0.2) is 0 Å². The van der Waals surface area contributed by atoms with Crippen LogP contribution in [0.3, 0.4) is 0 Å². The summed E-state index contributed by atoms with van der Waals surface area (Å²) in [5, 5.41) is 15.6. The average molecular weight is 267 g/mol. The zero-order valence-corrected chi connectivity index (χ0v) is 11.7. The van der Waals surface area contributed by atoms with Gasteiger partial charge in [0.05, 0.1) is 4.92 Å². The Morgan fingerprint density at radius 2 is 2.21 bits per heavy atom. The van der Waals surface area contributed by atoms with Gasteiger partial charge < -0.3 is 10.6 Å². The summed E-state index contributed by atoms with van der Waals surface area (Å²) in [6, 6.07) is 0.0586. The van der Waals surface area contributed by atoms with Crippen molar-refractivity contribution in [3.63, 3.8) is 0 Å². The monoisotopic (exact) mass is 267 g/mol. The minimum Gasteiger partial charge on any atom is -0.349 e. The van der Waals surface area contributed by atoms with Gasteiger partial charge in [-0.1, -0.05) is 13.8 Å². The Balaban J connectivity index is 2.43. The Kier molecular flexibility index (Phi) is 3.75. The minimum absolute atomic E-state index is 0.0586. The second kappa shape index (κ2) is 5.16. The molecule has 0 aliphatic carbocycles. The number of hydrogen-bond donors (Lipinski definition) is 1. The van der Waals surface area contributed by atoms with E-state index >= 15 is 0 Å². The van der Waals surface area contributed by atoms with Crippen LogP contribution in [0.4, 0.5) is 11.5 Å². The molecule has 1 aliphatic rings. The van der Waals surface area contributed by atoms with Crippen LogP contribution in [0.1, 0.15) is 26.0 Å². The molecule has 0 radical (unpaired) electrons. The number of hydrogen-bond acceptors (Lipinski definition) is 5. The minimum atomic E-state index is -0.327. The second-order valence-corrected chi connectivity index (χ2v) is 5.36. The van der Waals surface area contributed by atoms with Crippen molar-refractivity contribution in [3.8, 4) is 0 Å². The first-order valence-electron chi connectivity index (χ1n) is 6.64. The van der Waals surface area contributed by atoms with Crippen LogP contribution in [0.25, 0.3) is 0 Å². The van der Waals surface area contributed by atoms with Gasteiger partial charge >= 0.3 is 5.69 Å². The smallest absolute Gasteiger partial charge is 0.334 e. The van der Waals surface area contributed by atoms with Gasteiger partial charge in [-0.15, -0.1) is 0 Å². The quantitative estimate of drug-likeness (QED) is 0.653. The maximum atomic E-state index is 11.3. The maximum absolute atomic E-state index is 11.3. The lowest BCUT2D eigenvalue weighted by Gasteiger charge is -2.35. The van der Waals surface area contributed by atoms with Crippen LogP contribution in [0.2, 0.25) is 0 Å². The average Bonchev–Trinajstić information content (AvgIpc) is 2.64. The molecule has 19 heavy (non-hydrogen) atoms. The third-order valence-electron chi connectivity index (χ3n) is 3.57. The van der Waals surface area contributed by atoms with Gasteiger partial charge in [-0.25, -0.2) is 4.68 Å². The van der Waals surface area contributed by atoms with Crippen LogP contribution in [-0.4, -0.2) is 33.8 Å². The van der Waals surface area contributed by atoms with Gasteiger partial charge in [-0.05, 0) is 18.8 Å². The van der Waals surface area contributed by atoms with Crippen molar-refractivity contribution in [2.24, 2.45) is 18.7 Å². The lowest BCUT2D eigenvalue weighted by Crippen LogP contribution is -2.47. The predicted molar refractivity (Wildman–Crippen MR) is 73.2 cm³/mol. The summed E-state index contributed by atoms with van der Waals surface area (Å²) in [4.78, 5) is 13.0. The number of piperidine rings is 1. The number of aryl methyl sites for hydroxylation is 2. The molecule has 2 rings (SSSR count). The van der Waals surface area contributed by atoms with Gasteiger partial charge in [0, 0.05) is 26.2 Å². The van der Waals surface area contributed by atoms with Crippen LogP contribution in [0, 0.1) is 16.0 Å². The molecule has 0 bridgehead atoms. The predicted octanol–water partition coefficient (Wildman–Crippen LogP) is 1.06. The number of rotatable bonds is 3. The first-order chi connectivity index (χ1) is 8.93. The van der Waals surface area contributed by atoms with E-state index in [9.17, 15) is 10.1 Å². The second-order valence-electron chi connectivity index (χ2n) is 5.36. The SMILES string of the molecule is CCc1nn(C)c(N2CC(C)CC(N)C2)c1[N+](=O)[O-]. The molecule has 0 aromatic carbocycles. The zero-order chi connectivity index (χ0) is 14.2. The van der Waals surface area contributed by atoms with E-state index in [4.69, 9.17) is 5.73 Å². The maximum Gasteiger partial charge on any atom is 0.334 e. The molecule has 0 saturated carbocycles. The topological polar surface area (TPSA) is 90.2 Å². The third-order valence-corrected chi connectivity index (χ3v) is 3.57. The Hall–Kier alpha value is -1.63. The van der Waals surface area contributed by atoms with E-state index in [1.807, 2.05) is 11.8 Å². The van der Waals surface area contributed by atoms with Gasteiger partial charge in [-0.2, -0.15) is 5.10 Å². The standard InChI is InChI=1S/C12H21N5O2/c1-4-10-11(17(18)19)12(15(3)14-10)16-6-8(2)5-9(13)7-16/h8-9H,4-7,13H2,1-3H3. The van der Waals surface area contributed by atoms with Crippen LogP contribution >= 0.6 is 0 Å². The fourth-order valence-corrected chi connectivity index (χ4v) is 2.91. The van der Waals surface area contributed by atoms with Crippen molar-refractivity contribution in [2.45, 2.75) is 32.7 Å². The molecular formula is C12H21N5O2.